The topological polar surface area (TPSA) is 88.4 Å². The van der Waals surface area contributed by atoms with Crippen molar-refractivity contribution in [3.8, 4) is 11.8 Å². The van der Waals surface area contributed by atoms with E-state index in [-0.39, 0.29) is 11.3 Å². The highest BCUT2D eigenvalue weighted by Crippen LogP contribution is 2.16. The van der Waals surface area contributed by atoms with Crippen molar-refractivity contribution >= 4 is 23.6 Å². The molecule has 0 spiro atoms. The molecular weight excluding hydrogens is 375 g/mol. The van der Waals surface area contributed by atoms with E-state index in [0.29, 0.717) is 23.5 Å². The molecule has 0 radical (unpaired) electrons. The molecule has 0 aliphatic carbocycles. The van der Waals surface area contributed by atoms with Gasteiger partial charge < -0.3 is 14.8 Å². The molecule has 29 heavy (non-hydrogen) atoms. The fourth-order valence-corrected chi connectivity index (χ4v) is 2.32. The first kappa shape index (κ1) is 21.6. The van der Waals surface area contributed by atoms with Gasteiger partial charge in [0.1, 0.15) is 23.2 Å². The number of carbonyl (C=O) groups excluding carboxylic acids is 2. The summed E-state index contributed by atoms with van der Waals surface area (Å²) in [6.45, 7) is 5.36. The average Bonchev–Trinajstić information content (AvgIpc) is 2.70. The Morgan fingerprint density at radius 1 is 1.24 bits per heavy atom. The van der Waals surface area contributed by atoms with E-state index in [0.717, 1.165) is 0 Å². The fourth-order valence-electron chi connectivity index (χ4n) is 2.32. The van der Waals surface area contributed by atoms with Gasteiger partial charge in [-0.3, -0.25) is 4.79 Å². The lowest BCUT2D eigenvalue weighted by Gasteiger charge is -2.13. The van der Waals surface area contributed by atoms with Crippen LogP contribution in [0.15, 0.2) is 48.0 Å². The molecule has 2 rings (SSSR count). The van der Waals surface area contributed by atoms with Crippen molar-refractivity contribution in [2.45, 2.75) is 26.9 Å². The van der Waals surface area contributed by atoms with Crippen LogP contribution in [0.1, 0.15) is 25.0 Å². The molecule has 0 heterocycles. The number of benzene rings is 2. The maximum Gasteiger partial charge on any atom is 0.349 e. The Morgan fingerprint density at radius 3 is 2.52 bits per heavy atom. The Labute approximate surface area is 168 Å². The quantitative estimate of drug-likeness (QED) is 0.434. The maximum absolute atomic E-state index is 13.6. The number of rotatable bonds is 7. The summed E-state index contributed by atoms with van der Waals surface area (Å²) in [5, 5.41) is 11.7. The minimum atomic E-state index is -1.18. The lowest BCUT2D eigenvalue weighted by molar-refractivity contribution is -0.148. The summed E-state index contributed by atoms with van der Waals surface area (Å²) in [7, 11) is 0. The van der Waals surface area contributed by atoms with Crippen molar-refractivity contribution in [3.63, 3.8) is 0 Å². The van der Waals surface area contributed by atoms with Crippen molar-refractivity contribution in [1.82, 2.24) is 0 Å². The summed E-state index contributed by atoms with van der Waals surface area (Å²) in [6, 6.07) is 12.8. The molecule has 0 unspecified atom stereocenters. The molecule has 1 N–H and O–H groups in total. The highest BCUT2D eigenvalue weighted by Gasteiger charge is 2.21. The van der Waals surface area contributed by atoms with Crippen molar-refractivity contribution < 1.29 is 23.5 Å². The third-order valence-corrected chi connectivity index (χ3v) is 3.93. The van der Waals surface area contributed by atoms with Gasteiger partial charge >= 0.3 is 5.97 Å². The van der Waals surface area contributed by atoms with Crippen LogP contribution in [-0.2, 0) is 14.3 Å². The van der Waals surface area contributed by atoms with E-state index >= 15 is 0 Å². The number of amides is 1. The van der Waals surface area contributed by atoms with E-state index in [2.05, 4.69) is 5.32 Å². The van der Waals surface area contributed by atoms with Gasteiger partial charge in [-0.1, -0.05) is 18.2 Å². The van der Waals surface area contributed by atoms with Crippen LogP contribution in [0.25, 0.3) is 6.08 Å². The predicted molar refractivity (Wildman–Crippen MR) is 107 cm³/mol. The molecule has 0 bridgehead atoms. The van der Waals surface area contributed by atoms with E-state index in [1.807, 2.05) is 6.92 Å². The van der Waals surface area contributed by atoms with Crippen LogP contribution >= 0.6 is 0 Å². The van der Waals surface area contributed by atoms with Crippen LogP contribution in [0.4, 0.5) is 10.1 Å². The van der Waals surface area contributed by atoms with Gasteiger partial charge in [-0.15, -0.1) is 0 Å². The predicted octanol–water partition coefficient (Wildman–Crippen LogP) is 4.01. The van der Waals surface area contributed by atoms with E-state index in [9.17, 15) is 19.2 Å². The molecule has 0 aliphatic rings. The Balaban J connectivity index is 2.02. The summed E-state index contributed by atoms with van der Waals surface area (Å²) in [6.07, 6.45) is 0.182. The normalized spacial score (nSPS) is 11.9. The number of halogens is 1. The van der Waals surface area contributed by atoms with Gasteiger partial charge in [0.05, 0.1) is 6.61 Å². The molecule has 150 valence electrons. The Hall–Kier alpha value is -3.66. The van der Waals surface area contributed by atoms with Crippen LogP contribution < -0.4 is 10.1 Å². The highest BCUT2D eigenvalue weighted by molar-refractivity contribution is 6.01. The first-order valence-electron chi connectivity index (χ1n) is 8.96. The number of esters is 1. The standard InChI is InChI=1S/C22H21FN2O4/c1-4-28-19-9-6-16(7-10-19)11-17(13-24)22(27)29-15(3)21(26)25-18-8-5-14(2)20(23)12-18/h5-12,15H,4H2,1-3H3,(H,25,26)/b17-11+/t15-/m1/s1. The molecule has 0 aliphatic heterocycles. The summed E-state index contributed by atoms with van der Waals surface area (Å²) in [4.78, 5) is 24.4. The molecular formula is C22H21FN2O4. The van der Waals surface area contributed by atoms with Crippen LogP contribution in [0, 0.1) is 24.1 Å². The van der Waals surface area contributed by atoms with Crippen molar-refractivity contribution in [2.24, 2.45) is 0 Å². The monoisotopic (exact) mass is 396 g/mol. The number of nitrogens with zero attached hydrogens (tertiary/aromatic N) is 1. The van der Waals surface area contributed by atoms with Crippen molar-refractivity contribution in [3.05, 3.63) is 65.0 Å². The van der Waals surface area contributed by atoms with Crippen LogP contribution in [0.3, 0.4) is 0 Å². The van der Waals surface area contributed by atoms with Crippen LogP contribution in [0.5, 0.6) is 5.75 Å². The molecule has 2 aromatic carbocycles. The van der Waals surface area contributed by atoms with Gasteiger partial charge in [0.25, 0.3) is 5.91 Å². The molecule has 0 fully saturated rings. The third-order valence-electron chi connectivity index (χ3n) is 3.93. The number of hydrogen-bond donors (Lipinski definition) is 1. The van der Waals surface area contributed by atoms with E-state index in [4.69, 9.17) is 9.47 Å². The minimum absolute atomic E-state index is 0.242. The Kier molecular flexibility index (Phi) is 7.49. The molecule has 0 saturated heterocycles. The lowest BCUT2D eigenvalue weighted by Crippen LogP contribution is -2.30. The summed E-state index contributed by atoms with van der Waals surface area (Å²) in [5.41, 5.74) is 1.04. The van der Waals surface area contributed by atoms with Crippen molar-refractivity contribution in [2.75, 3.05) is 11.9 Å². The zero-order valence-electron chi connectivity index (χ0n) is 16.4. The van der Waals surface area contributed by atoms with Gasteiger partial charge in [-0.25, -0.2) is 9.18 Å². The van der Waals surface area contributed by atoms with Gasteiger partial charge in [0.15, 0.2) is 6.10 Å². The minimum Gasteiger partial charge on any atom is -0.494 e. The molecule has 7 heteroatoms. The Bertz CT molecular complexity index is 962. The van der Waals surface area contributed by atoms with Gasteiger partial charge in [-0.05, 0) is 62.2 Å². The summed E-state index contributed by atoms with van der Waals surface area (Å²) in [5.74, 6) is -1.36. The average molecular weight is 396 g/mol. The second kappa shape index (κ2) is 10.0. The number of hydrogen-bond acceptors (Lipinski definition) is 5. The van der Waals surface area contributed by atoms with Gasteiger partial charge in [-0.2, -0.15) is 5.26 Å². The fraction of sp³-hybridized carbons (Fsp3) is 0.227. The highest BCUT2D eigenvalue weighted by atomic mass is 19.1. The second-order valence-electron chi connectivity index (χ2n) is 6.17. The van der Waals surface area contributed by atoms with Crippen LogP contribution in [-0.4, -0.2) is 24.6 Å². The number of nitrogens with one attached hydrogen (secondary N) is 1. The number of anilines is 1. The number of aryl methyl sites for hydroxylation is 1. The maximum atomic E-state index is 13.6. The van der Waals surface area contributed by atoms with E-state index in [1.54, 1.807) is 37.3 Å². The number of ether oxygens (including phenoxy) is 2. The number of carbonyl (C=O) groups is 2. The molecule has 6 nitrogen and oxygen atoms in total. The number of nitriles is 1. The molecule has 2 aromatic rings. The van der Waals surface area contributed by atoms with Crippen molar-refractivity contribution in [1.29, 1.82) is 5.26 Å². The SMILES string of the molecule is CCOc1ccc(/C=C(\C#N)C(=O)O[C@H](C)C(=O)Nc2ccc(C)c(F)c2)cc1. The first-order valence-corrected chi connectivity index (χ1v) is 8.96. The first-order chi connectivity index (χ1) is 13.8. The summed E-state index contributed by atoms with van der Waals surface area (Å²) < 4.78 is 24.0. The Morgan fingerprint density at radius 2 is 1.93 bits per heavy atom. The second-order valence-corrected chi connectivity index (χ2v) is 6.17. The molecule has 1 amide bonds. The lowest BCUT2D eigenvalue weighted by atomic mass is 10.1. The molecule has 1 atom stereocenters. The zero-order chi connectivity index (χ0) is 21.4. The van der Waals surface area contributed by atoms with E-state index < -0.39 is 23.8 Å². The summed E-state index contributed by atoms with van der Waals surface area (Å²) >= 11 is 0. The third kappa shape index (κ3) is 6.18. The van der Waals surface area contributed by atoms with Gasteiger partial charge in [0.2, 0.25) is 0 Å². The smallest absolute Gasteiger partial charge is 0.349 e. The van der Waals surface area contributed by atoms with Crippen LogP contribution in [0.2, 0.25) is 0 Å². The van der Waals surface area contributed by atoms with E-state index in [1.165, 1.54) is 31.2 Å². The molecule has 0 saturated carbocycles. The largest absolute Gasteiger partial charge is 0.494 e. The van der Waals surface area contributed by atoms with Gasteiger partial charge in [0, 0.05) is 5.69 Å². The molecule has 0 aromatic heterocycles. The zero-order valence-corrected chi connectivity index (χ0v) is 16.4.